The number of aromatic nitrogens is 2. The van der Waals surface area contributed by atoms with Gasteiger partial charge in [0, 0.05) is 30.1 Å². The number of benzene rings is 1. The maximum absolute atomic E-state index is 12.4. The molecule has 1 aliphatic rings. The van der Waals surface area contributed by atoms with Crippen molar-refractivity contribution in [2.75, 3.05) is 18.0 Å². The zero-order chi connectivity index (χ0) is 17.9. The van der Waals surface area contributed by atoms with Crippen molar-refractivity contribution in [3.05, 3.63) is 58.3 Å². The van der Waals surface area contributed by atoms with Crippen molar-refractivity contribution in [1.29, 1.82) is 0 Å². The molecule has 1 saturated heterocycles. The Kier molecular flexibility index (Phi) is 4.75. The molecular weight excluding hydrogens is 344 g/mol. The predicted molar refractivity (Wildman–Crippen MR) is 106 cm³/mol. The van der Waals surface area contributed by atoms with Gasteiger partial charge in [-0.25, -0.2) is 0 Å². The molecule has 2 N–H and O–H groups in total. The number of nitrogens with one attached hydrogen (secondary N) is 2. The van der Waals surface area contributed by atoms with E-state index in [1.807, 2.05) is 37.3 Å². The minimum atomic E-state index is 0.0296. The molecule has 0 bridgehead atoms. The number of H-pyrrole nitrogens is 1. The Hall–Kier alpha value is -2.60. The van der Waals surface area contributed by atoms with Crippen LogP contribution in [0.5, 0.6) is 0 Å². The molecule has 0 spiro atoms. The third kappa shape index (κ3) is 3.65. The first kappa shape index (κ1) is 16.8. The Labute approximate surface area is 157 Å². The third-order valence-corrected chi connectivity index (χ3v) is 5.69. The highest BCUT2D eigenvalue weighted by Crippen LogP contribution is 2.24. The van der Waals surface area contributed by atoms with Crippen molar-refractivity contribution >= 4 is 23.1 Å². The van der Waals surface area contributed by atoms with Gasteiger partial charge < -0.3 is 10.2 Å². The summed E-state index contributed by atoms with van der Waals surface area (Å²) < 4.78 is 0. The van der Waals surface area contributed by atoms with E-state index < -0.39 is 0 Å². The van der Waals surface area contributed by atoms with Crippen molar-refractivity contribution in [2.45, 2.75) is 25.8 Å². The van der Waals surface area contributed by atoms with Gasteiger partial charge in [-0.1, -0.05) is 30.3 Å². The summed E-state index contributed by atoms with van der Waals surface area (Å²) in [5, 5.41) is 10.8. The molecular formula is C20H22N4OS. The van der Waals surface area contributed by atoms with Gasteiger partial charge in [0.1, 0.15) is 0 Å². The van der Waals surface area contributed by atoms with Crippen LogP contribution in [0.3, 0.4) is 0 Å². The lowest BCUT2D eigenvalue weighted by Gasteiger charge is -2.33. The van der Waals surface area contributed by atoms with Crippen LogP contribution in [-0.2, 0) is 0 Å². The van der Waals surface area contributed by atoms with E-state index in [-0.39, 0.29) is 11.9 Å². The van der Waals surface area contributed by atoms with E-state index in [1.54, 1.807) is 0 Å². The molecule has 0 aliphatic carbocycles. The van der Waals surface area contributed by atoms with Crippen LogP contribution in [0.2, 0.25) is 0 Å². The minimum absolute atomic E-state index is 0.0296. The molecule has 0 unspecified atom stereocenters. The van der Waals surface area contributed by atoms with Gasteiger partial charge >= 0.3 is 0 Å². The van der Waals surface area contributed by atoms with E-state index in [4.69, 9.17) is 0 Å². The average Bonchev–Trinajstić information content (AvgIpc) is 3.32. The summed E-state index contributed by atoms with van der Waals surface area (Å²) in [6.07, 6.45) is 2.05. The fourth-order valence-corrected chi connectivity index (χ4v) is 4.13. The number of anilines is 1. The number of nitrogens with zero attached hydrogens (tertiary/aromatic N) is 2. The highest BCUT2D eigenvalue weighted by atomic mass is 32.1. The summed E-state index contributed by atoms with van der Waals surface area (Å²) in [6, 6.07) is 16.3. The summed E-state index contributed by atoms with van der Waals surface area (Å²) in [5.41, 5.74) is 2.14. The molecule has 3 heterocycles. The van der Waals surface area contributed by atoms with Gasteiger partial charge in [0.05, 0.1) is 10.6 Å². The van der Waals surface area contributed by atoms with E-state index in [0.717, 1.165) is 52.8 Å². The summed E-state index contributed by atoms with van der Waals surface area (Å²) in [4.78, 5) is 16.6. The topological polar surface area (TPSA) is 61.0 Å². The normalized spacial score (nSPS) is 17.3. The van der Waals surface area contributed by atoms with Gasteiger partial charge in [-0.15, -0.1) is 11.3 Å². The van der Waals surface area contributed by atoms with E-state index >= 15 is 0 Å². The van der Waals surface area contributed by atoms with Gasteiger partial charge in [0.25, 0.3) is 5.91 Å². The quantitative estimate of drug-likeness (QED) is 0.737. The van der Waals surface area contributed by atoms with Crippen LogP contribution in [0.1, 0.15) is 27.4 Å². The first-order valence-electron chi connectivity index (χ1n) is 8.92. The summed E-state index contributed by atoms with van der Waals surface area (Å²) in [7, 11) is 0. The lowest BCUT2D eigenvalue weighted by molar-refractivity contribution is 0.0937. The molecule has 1 aromatic carbocycles. The van der Waals surface area contributed by atoms with E-state index in [2.05, 4.69) is 38.6 Å². The molecule has 2 aromatic heterocycles. The lowest BCUT2D eigenvalue weighted by atomic mass is 10.1. The van der Waals surface area contributed by atoms with Crippen LogP contribution < -0.4 is 10.2 Å². The summed E-state index contributed by atoms with van der Waals surface area (Å²) in [6.45, 7) is 3.77. The number of rotatable bonds is 4. The van der Waals surface area contributed by atoms with Crippen LogP contribution in [0, 0.1) is 6.92 Å². The van der Waals surface area contributed by atoms with Crippen LogP contribution in [-0.4, -0.2) is 35.2 Å². The van der Waals surface area contributed by atoms with Crippen molar-refractivity contribution in [3.8, 4) is 11.3 Å². The minimum Gasteiger partial charge on any atom is -0.353 e. The fourth-order valence-electron chi connectivity index (χ4n) is 3.35. The predicted octanol–water partition coefficient (Wildman–Crippen LogP) is 3.85. The maximum Gasteiger partial charge on any atom is 0.261 e. The molecule has 5 nitrogen and oxygen atoms in total. The second kappa shape index (κ2) is 7.33. The number of piperidine rings is 1. The Morgan fingerprint density at radius 1 is 1.27 bits per heavy atom. The van der Waals surface area contributed by atoms with E-state index in [0.29, 0.717) is 0 Å². The second-order valence-corrected chi connectivity index (χ2v) is 7.96. The van der Waals surface area contributed by atoms with Crippen molar-refractivity contribution in [2.24, 2.45) is 0 Å². The first-order valence-corrected chi connectivity index (χ1v) is 9.74. The number of amides is 1. The van der Waals surface area contributed by atoms with E-state index in [1.165, 1.54) is 11.3 Å². The largest absolute Gasteiger partial charge is 0.353 e. The van der Waals surface area contributed by atoms with Gasteiger partial charge in [0.2, 0.25) is 0 Å². The number of thiophene rings is 1. The Bertz CT molecular complexity index is 886. The number of carbonyl (C=O) groups is 1. The average molecular weight is 366 g/mol. The van der Waals surface area contributed by atoms with E-state index in [9.17, 15) is 4.79 Å². The Balaban J connectivity index is 1.42. The molecule has 0 radical (unpaired) electrons. The van der Waals surface area contributed by atoms with Gasteiger partial charge in [-0.05, 0) is 37.5 Å². The lowest BCUT2D eigenvalue weighted by Crippen LogP contribution is -2.47. The van der Waals surface area contributed by atoms with Gasteiger partial charge in [0.15, 0.2) is 5.82 Å². The number of hydrogen-bond acceptors (Lipinski definition) is 4. The summed E-state index contributed by atoms with van der Waals surface area (Å²) in [5.74, 6) is 0.969. The van der Waals surface area contributed by atoms with Crippen LogP contribution in [0.4, 0.5) is 5.82 Å². The van der Waals surface area contributed by atoms with Crippen molar-refractivity contribution in [3.63, 3.8) is 0 Å². The molecule has 4 rings (SSSR count). The molecule has 6 heteroatoms. The summed E-state index contributed by atoms with van der Waals surface area (Å²) >= 11 is 1.54. The number of aryl methyl sites for hydroxylation is 1. The maximum atomic E-state index is 12.4. The number of aromatic amines is 1. The highest BCUT2D eigenvalue weighted by molar-refractivity contribution is 7.13. The second-order valence-electron chi connectivity index (χ2n) is 6.67. The first-order chi connectivity index (χ1) is 12.7. The number of hydrogen-bond donors (Lipinski definition) is 2. The molecule has 3 aromatic rings. The third-order valence-electron chi connectivity index (χ3n) is 4.69. The molecule has 1 atom stereocenters. The van der Waals surface area contributed by atoms with Crippen LogP contribution in [0.15, 0.2) is 48.5 Å². The van der Waals surface area contributed by atoms with Gasteiger partial charge in [-0.2, -0.15) is 5.10 Å². The SMILES string of the molecule is Cc1ccc(C(=O)N[C@@H]2CCCN(c3cc(-c4ccccc4)[nH]n3)C2)s1. The Morgan fingerprint density at radius 2 is 2.12 bits per heavy atom. The zero-order valence-electron chi connectivity index (χ0n) is 14.7. The number of carbonyl (C=O) groups excluding carboxylic acids is 1. The van der Waals surface area contributed by atoms with Crippen LogP contribution >= 0.6 is 11.3 Å². The molecule has 1 aliphatic heterocycles. The smallest absolute Gasteiger partial charge is 0.261 e. The monoisotopic (exact) mass is 366 g/mol. The molecule has 0 saturated carbocycles. The Morgan fingerprint density at radius 3 is 2.88 bits per heavy atom. The molecule has 1 amide bonds. The highest BCUT2D eigenvalue weighted by Gasteiger charge is 2.24. The van der Waals surface area contributed by atoms with Gasteiger partial charge in [-0.3, -0.25) is 9.89 Å². The van der Waals surface area contributed by atoms with Crippen LogP contribution in [0.25, 0.3) is 11.3 Å². The molecule has 26 heavy (non-hydrogen) atoms. The fraction of sp³-hybridized carbons (Fsp3) is 0.300. The standard InChI is InChI=1S/C20H22N4OS/c1-14-9-10-18(26-14)20(25)21-16-8-5-11-24(13-16)19-12-17(22-23-19)15-6-3-2-4-7-15/h2-4,6-7,9-10,12,16H,5,8,11,13H2,1H3,(H,21,25)(H,22,23)/t16-/m1/s1. The zero-order valence-corrected chi connectivity index (χ0v) is 15.6. The van der Waals surface area contributed by atoms with Crippen molar-refractivity contribution < 1.29 is 4.79 Å². The van der Waals surface area contributed by atoms with Crippen molar-refractivity contribution in [1.82, 2.24) is 15.5 Å². The molecule has 1 fully saturated rings. The molecule has 134 valence electrons.